The molecule has 0 saturated heterocycles. The normalized spacial score (nSPS) is 10.8. The Kier molecular flexibility index (Phi) is 2.15. The van der Waals surface area contributed by atoms with Gasteiger partial charge in [-0.1, -0.05) is 6.07 Å². The zero-order valence-corrected chi connectivity index (χ0v) is 9.53. The van der Waals surface area contributed by atoms with Gasteiger partial charge >= 0.3 is 0 Å². The minimum Gasteiger partial charge on any atom is -0.253 e. The molecule has 4 heteroatoms. The Morgan fingerprint density at radius 2 is 2.06 bits per heavy atom. The molecule has 0 amide bonds. The van der Waals surface area contributed by atoms with Gasteiger partial charge in [0.15, 0.2) is 5.82 Å². The van der Waals surface area contributed by atoms with Gasteiger partial charge < -0.3 is 0 Å². The van der Waals surface area contributed by atoms with Crippen LogP contribution in [0.3, 0.4) is 0 Å². The fourth-order valence-corrected chi connectivity index (χ4v) is 2.40. The van der Waals surface area contributed by atoms with Crippen molar-refractivity contribution in [2.45, 2.75) is 6.92 Å². The van der Waals surface area contributed by atoms with Crippen LogP contribution in [0.5, 0.6) is 0 Å². The van der Waals surface area contributed by atoms with Gasteiger partial charge in [0.05, 0.1) is 15.9 Å². The number of fused-ring (bicyclic) bond motifs is 1. The van der Waals surface area contributed by atoms with Gasteiger partial charge in [0.2, 0.25) is 0 Å². The molecule has 78 valence electrons. The van der Waals surface area contributed by atoms with E-state index in [-0.39, 0.29) is 0 Å². The summed E-state index contributed by atoms with van der Waals surface area (Å²) in [5, 5.41) is 2.04. The molecule has 0 radical (unpaired) electrons. The van der Waals surface area contributed by atoms with E-state index < -0.39 is 0 Å². The number of rotatable bonds is 1. The van der Waals surface area contributed by atoms with Gasteiger partial charge in [-0.05, 0) is 30.5 Å². The summed E-state index contributed by atoms with van der Waals surface area (Å²) in [6, 6.07) is 7.77. The lowest BCUT2D eigenvalue weighted by molar-refractivity contribution is 1.14. The van der Waals surface area contributed by atoms with Gasteiger partial charge in [0, 0.05) is 6.20 Å². The van der Waals surface area contributed by atoms with E-state index in [4.69, 9.17) is 0 Å². The predicted octanol–water partition coefficient (Wildman–Crippen LogP) is 3.06. The van der Waals surface area contributed by atoms with Crippen LogP contribution < -0.4 is 0 Å². The summed E-state index contributed by atoms with van der Waals surface area (Å²) in [6.07, 6.45) is 1.76. The molecule has 0 aliphatic carbocycles. The average molecular weight is 227 g/mol. The third-order valence-corrected chi connectivity index (χ3v) is 3.38. The summed E-state index contributed by atoms with van der Waals surface area (Å²) >= 11 is 1.67. The molecule has 0 bridgehead atoms. The van der Waals surface area contributed by atoms with Gasteiger partial charge in [-0.25, -0.2) is 9.97 Å². The Hall–Kier alpha value is -1.81. The van der Waals surface area contributed by atoms with Crippen LogP contribution in [0.2, 0.25) is 0 Å². The van der Waals surface area contributed by atoms with Crippen molar-refractivity contribution in [1.29, 1.82) is 0 Å². The molecule has 0 aromatic carbocycles. The largest absolute Gasteiger partial charge is 0.253 e. The predicted molar refractivity (Wildman–Crippen MR) is 65.4 cm³/mol. The maximum Gasteiger partial charge on any atom is 0.179 e. The molecular formula is C12H9N3S. The van der Waals surface area contributed by atoms with E-state index in [1.54, 1.807) is 17.5 Å². The second kappa shape index (κ2) is 3.64. The zero-order valence-electron chi connectivity index (χ0n) is 8.71. The Labute approximate surface area is 96.8 Å². The lowest BCUT2D eigenvalue weighted by Gasteiger charge is -2.01. The third-order valence-electron chi connectivity index (χ3n) is 2.37. The van der Waals surface area contributed by atoms with Crippen molar-refractivity contribution in [2.24, 2.45) is 0 Å². The van der Waals surface area contributed by atoms with E-state index in [1.165, 1.54) is 0 Å². The van der Waals surface area contributed by atoms with E-state index >= 15 is 0 Å². The molecule has 0 atom stereocenters. The standard InChI is InChI=1S/C12H9N3S/c1-8-11-9(5-7-16-11)15-12(14-8)10-4-2-3-6-13-10/h2-7H,1H3. The number of thiophene rings is 1. The molecule has 0 N–H and O–H groups in total. The number of aromatic nitrogens is 3. The second-order valence-corrected chi connectivity index (χ2v) is 4.40. The average Bonchev–Trinajstić information content (AvgIpc) is 2.79. The Balaban J connectivity index is 2.25. The van der Waals surface area contributed by atoms with E-state index in [1.807, 2.05) is 36.6 Å². The summed E-state index contributed by atoms with van der Waals surface area (Å²) in [7, 11) is 0. The number of aryl methyl sites for hydroxylation is 1. The summed E-state index contributed by atoms with van der Waals surface area (Å²) in [6.45, 7) is 2.01. The highest BCUT2D eigenvalue weighted by Crippen LogP contribution is 2.24. The van der Waals surface area contributed by atoms with Crippen LogP contribution in [0.1, 0.15) is 5.69 Å². The van der Waals surface area contributed by atoms with Crippen molar-refractivity contribution in [3.63, 3.8) is 0 Å². The molecule has 0 spiro atoms. The zero-order chi connectivity index (χ0) is 11.0. The molecule has 16 heavy (non-hydrogen) atoms. The van der Waals surface area contributed by atoms with Crippen molar-refractivity contribution in [3.8, 4) is 11.5 Å². The van der Waals surface area contributed by atoms with Gasteiger partial charge in [-0.2, -0.15) is 0 Å². The molecule has 0 fully saturated rings. The van der Waals surface area contributed by atoms with Crippen LogP contribution in [0.4, 0.5) is 0 Å². The quantitative estimate of drug-likeness (QED) is 0.641. The molecule has 0 saturated carbocycles. The number of hydrogen-bond donors (Lipinski definition) is 0. The van der Waals surface area contributed by atoms with Gasteiger partial charge in [0.1, 0.15) is 5.69 Å². The Morgan fingerprint density at radius 1 is 1.12 bits per heavy atom. The second-order valence-electron chi connectivity index (χ2n) is 3.48. The van der Waals surface area contributed by atoms with Gasteiger partial charge in [-0.3, -0.25) is 4.98 Å². The van der Waals surface area contributed by atoms with E-state index in [0.29, 0.717) is 5.82 Å². The first-order chi connectivity index (χ1) is 7.84. The fraction of sp³-hybridized carbons (Fsp3) is 0.0833. The minimum atomic E-state index is 0.698. The minimum absolute atomic E-state index is 0.698. The highest BCUT2D eigenvalue weighted by molar-refractivity contribution is 7.17. The van der Waals surface area contributed by atoms with Crippen molar-refractivity contribution in [2.75, 3.05) is 0 Å². The Morgan fingerprint density at radius 3 is 2.88 bits per heavy atom. The van der Waals surface area contributed by atoms with E-state index in [9.17, 15) is 0 Å². The lowest BCUT2D eigenvalue weighted by Crippen LogP contribution is -1.93. The lowest BCUT2D eigenvalue weighted by atomic mass is 10.3. The SMILES string of the molecule is Cc1nc(-c2ccccn2)nc2ccsc12. The van der Waals surface area contributed by atoms with Crippen molar-refractivity contribution in [3.05, 3.63) is 41.5 Å². The molecule has 3 aromatic heterocycles. The molecule has 3 heterocycles. The monoisotopic (exact) mass is 227 g/mol. The number of nitrogens with zero attached hydrogens (tertiary/aromatic N) is 3. The van der Waals surface area contributed by atoms with Crippen LogP contribution in [0, 0.1) is 6.92 Å². The third kappa shape index (κ3) is 1.47. The highest BCUT2D eigenvalue weighted by atomic mass is 32.1. The van der Waals surface area contributed by atoms with Crippen LogP contribution in [0.25, 0.3) is 21.7 Å². The fourth-order valence-electron chi connectivity index (χ4n) is 1.62. The molecule has 3 rings (SSSR count). The van der Waals surface area contributed by atoms with Crippen LogP contribution in [-0.2, 0) is 0 Å². The summed E-state index contributed by atoms with van der Waals surface area (Å²) in [5.41, 5.74) is 2.83. The molecule has 3 aromatic rings. The summed E-state index contributed by atoms with van der Waals surface area (Å²) in [4.78, 5) is 13.2. The van der Waals surface area contributed by atoms with Crippen molar-refractivity contribution < 1.29 is 0 Å². The molecule has 0 aliphatic heterocycles. The first kappa shape index (κ1) is 9.42. The van der Waals surface area contributed by atoms with E-state index in [2.05, 4.69) is 15.0 Å². The van der Waals surface area contributed by atoms with Crippen LogP contribution >= 0.6 is 11.3 Å². The summed E-state index contributed by atoms with van der Waals surface area (Å²) < 4.78 is 1.15. The first-order valence-electron chi connectivity index (χ1n) is 4.98. The summed E-state index contributed by atoms with van der Waals surface area (Å²) in [5.74, 6) is 0.698. The molecular weight excluding hydrogens is 218 g/mol. The van der Waals surface area contributed by atoms with Gasteiger partial charge in [-0.15, -0.1) is 11.3 Å². The Bertz CT molecular complexity index is 631. The van der Waals surface area contributed by atoms with Crippen LogP contribution in [0.15, 0.2) is 35.8 Å². The van der Waals surface area contributed by atoms with E-state index in [0.717, 1.165) is 21.6 Å². The number of pyridine rings is 1. The van der Waals surface area contributed by atoms with Crippen molar-refractivity contribution in [1.82, 2.24) is 15.0 Å². The molecule has 0 aliphatic rings. The maximum absolute atomic E-state index is 4.50. The first-order valence-corrected chi connectivity index (χ1v) is 5.86. The molecule has 0 unspecified atom stereocenters. The smallest absolute Gasteiger partial charge is 0.179 e. The molecule has 3 nitrogen and oxygen atoms in total. The van der Waals surface area contributed by atoms with Gasteiger partial charge in [0.25, 0.3) is 0 Å². The maximum atomic E-state index is 4.50. The highest BCUT2D eigenvalue weighted by Gasteiger charge is 2.07. The number of hydrogen-bond acceptors (Lipinski definition) is 4. The van der Waals surface area contributed by atoms with Crippen LogP contribution in [-0.4, -0.2) is 15.0 Å². The topological polar surface area (TPSA) is 38.7 Å². The van der Waals surface area contributed by atoms with Crippen molar-refractivity contribution >= 4 is 21.6 Å².